The molecule has 6 nitrogen and oxygen atoms in total. The first-order chi connectivity index (χ1) is 7.25. The molecule has 0 unspecified atom stereocenters. The van der Waals surface area contributed by atoms with Gasteiger partial charge in [0.25, 0.3) is 0 Å². The fraction of sp³-hybridized carbons (Fsp3) is 0.667. The van der Waals surface area contributed by atoms with Crippen LogP contribution in [0.15, 0.2) is 6.33 Å². The number of hydrogen-bond donors (Lipinski definition) is 2. The van der Waals surface area contributed by atoms with Crippen LogP contribution in [0.5, 0.6) is 0 Å². The van der Waals surface area contributed by atoms with Crippen molar-refractivity contribution in [2.45, 2.75) is 19.4 Å². The van der Waals surface area contributed by atoms with Crippen molar-refractivity contribution < 1.29 is 9.90 Å². The van der Waals surface area contributed by atoms with Gasteiger partial charge < -0.3 is 5.11 Å². The van der Waals surface area contributed by atoms with E-state index in [1.165, 1.54) is 6.33 Å². The molecule has 0 saturated carbocycles. The van der Waals surface area contributed by atoms with E-state index in [4.69, 9.17) is 5.11 Å². The quantitative estimate of drug-likeness (QED) is 0.739. The van der Waals surface area contributed by atoms with Gasteiger partial charge in [-0.1, -0.05) is 0 Å². The van der Waals surface area contributed by atoms with Crippen molar-refractivity contribution in [2.24, 2.45) is 5.92 Å². The highest BCUT2D eigenvalue weighted by Gasteiger charge is 2.24. The van der Waals surface area contributed by atoms with Crippen LogP contribution >= 0.6 is 0 Å². The highest BCUT2D eigenvalue weighted by atomic mass is 16.4. The lowest BCUT2D eigenvalue weighted by Gasteiger charge is -2.28. The lowest BCUT2D eigenvalue weighted by atomic mass is 9.97. The normalized spacial score (nSPS) is 19.2. The van der Waals surface area contributed by atoms with Gasteiger partial charge >= 0.3 is 5.97 Å². The Bertz CT molecular complexity index is 317. The van der Waals surface area contributed by atoms with E-state index in [-0.39, 0.29) is 5.92 Å². The summed E-state index contributed by atoms with van der Waals surface area (Å²) in [7, 11) is 0. The second kappa shape index (κ2) is 4.39. The number of H-pyrrole nitrogens is 1. The van der Waals surface area contributed by atoms with E-state index < -0.39 is 5.97 Å². The van der Waals surface area contributed by atoms with Crippen molar-refractivity contribution in [1.29, 1.82) is 0 Å². The molecule has 0 aliphatic carbocycles. The minimum absolute atomic E-state index is 0.170. The number of nitrogens with zero attached hydrogens (tertiary/aromatic N) is 3. The molecule has 6 heteroatoms. The van der Waals surface area contributed by atoms with Crippen molar-refractivity contribution in [3.63, 3.8) is 0 Å². The van der Waals surface area contributed by atoms with E-state index >= 15 is 0 Å². The van der Waals surface area contributed by atoms with Crippen molar-refractivity contribution in [2.75, 3.05) is 13.1 Å². The van der Waals surface area contributed by atoms with E-state index in [2.05, 4.69) is 20.1 Å². The monoisotopic (exact) mass is 210 g/mol. The van der Waals surface area contributed by atoms with Gasteiger partial charge in [0.1, 0.15) is 12.2 Å². The number of aromatic amines is 1. The summed E-state index contributed by atoms with van der Waals surface area (Å²) in [5, 5.41) is 15.4. The topological polar surface area (TPSA) is 82.1 Å². The Hall–Kier alpha value is -1.43. The number of likely N-dealkylation sites (tertiary alicyclic amines) is 1. The third kappa shape index (κ3) is 2.53. The third-order valence-corrected chi connectivity index (χ3v) is 2.78. The number of rotatable bonds is 3. The zero-order valence-corrected chi connectivity index (χ0v) is 8.39. The first kappa shape index (κ1) is 10.1. The molecule has 15 heavy (non-hydrogen) atoms. The number of nitrogens with one attached hydrogen (secondary N) is 1. The summed E-state index contributed by atoms with van der Waals surface area (Å²) < 4.78 is 0. The van der Waals surface area contributed by atoms with Gasteiger partial charge in [-0.05, 0) is 25.9 Å². The van der Waals surface area contributed by atoms with Crippen LogP contribution in [0.3, 0.4) is 0 Å². The molecular weight excluding hydrogens is 196 g/mol. The number of carboxylic acid groups (broad SMARTS) is 1. The maximum atomic E-state index is 10.7. The van der Waals surface area contributed by atoms with Gasteiger partial charge in [0.05, 0.1) is 12.5 Å². The van der Waals surface area contributed by atoms with E-state index in [0.29, 0.717) is 0 Å². The standard InChI is InChI=1S/C9H14N4O2/c14-9(15)7-1-3-13(4-2-7)5-8-10-6-11-12-8/h6-7H,1-5H2,(H,14,15)(H,10,11,12). The molecule has 2 N–H and O–H groups in total. The summed E-state index contributed by atoms with van der Waals surface area (Å²) in [6.45, 7) is 2.36. The van der Waals surface area contributed by atoms with Gasteiger partial charge in [-0.15, -0.1) is 0 Å². The molecule has 1 aromatic heterocycles. The Morgan fingerprint density at radius 3 is 2.87 bits per heavy atom. The van der Waals surface area contributed by atoms with Crippen LogP contribution in [0.25, 0.3) is 0 Å². The fourth-order valence-electron chi connectivity index (χ4n) is 1.86. The number of aliphatic carboxylic acids is 1. The summed E-state index contributed by atoms with van der Waals surface area (Å²) in [5.74, 6) is -0.00549. The van der Waals surface area contributed by atoms with Gasteiger partial charge in [-0.3, -0.25) is 14.8 Å². The number of piperidine rings is 1. The maximum absolute atomic E-state index is 10.7. The minimum atomic E-state index is -0.672. The highest BCUT2D eigenvalue weighted by Crippen LogP contribution is 2.17. The Morgan fingerprint density at radius 2 is 2.33 bits per heavy atom. The van der Waals surface area contributed by atoms with Crippen molar-refractivity contribution in [3.8, 4) is 0 Å². The smallest absolute Gasteiger partial charge is 0.306 e. The molecule has 0 amide bonds. The lowest BCUT2D eigenvalue weighted by molar-refractivity contribution is -0.143. The van der Waals surface area contributed by atoms with Crippen molar-refractivity contribution in [1.82, 2.24) is 20.1 Å². The van der Waals surface area contributed by atoms with Gasteiger partial charge in [0.15, 0.2) is 0 Å². The van der Waals surface area contributed by atoms with E-state index in [0.717, 1.165) is 38.3 Å². The second-order valence-corrected chi connectivity index (χ2v) is 3.82. The SMILES string of the molecule is O=C(O)C1CCN(Cc2ncn[nH]2)CC1. The average molecular weight is 210 g/mol. The summed E-state index contributed by atoms with van der Waals surface area (Å²) in [5.41, 5.74) is 0. The highest BCUT2D eigenvalue weighted by molar-refractivity contribution is 5.70. The Labute approximate surface area is 87.3 Å². The molecule has 0 aromatic carbocycles. The first-order valence-electron chi connectivity index (χ1n) is 5.05. The van der Waals surface area contributed by atoms with Gasteiger partial charge in [0, 0.05) is 0 Å². The molecule has 1 aliphatic rings. The molecule has 0 bridgehead atoms. The molecule has 0 spiro atoms. The molecular formula is C9H14N4O2. The lowest BCUT2D eigenvalue weighted by Crippen LogP contribution is -2.36. The minimum Gasteiger partial charge on any atom is -0.481 e. The molecule has 2 rings (SSSR count). The molecule has 1 aliphatic heterocycles. The third-order valence-electron chi connectivity index (χ3n) is 2.78. The average Bonchev–Trinajstić information content (AvgIpc) is 2.71. The molecule has 0 radical (unpaired) electrons. The molecule has 1 saturated heterocycles. The first-order valence-corrected chi connectivity index (χ1v) is 5.05. The van der Waals surface area contributed by atoms with Gasteiger partial charge in [-0.25, -0.2) is 4.98 Å². The maximum Gasteiger partial charge on any atom is 0.306 e. The van der Waals surface area contributed by atoms with E-state index in [1.54, 1.807) is 0 Å². The van der Waals surface area contributed by atoms with Crippen LogP contribution < -0.4 is 0 Å². The van der Waals surface area contributed by atoms with Crippen LogP contribution in [0, 0.1) is 5.92 Å². The zero-order chi connectivity index (χ0) is 10.7. The molecule has 82 valence electrons. The Balaban J connectivity index is 1.81. The van der Waals surface area contributed by atoms with E-state index in [1.807, 2.05) is 0 Å². The van der Waals surface area contributed by atoms with Crippen LogP contribution in [-0.4, -0.2) is 44.2 Å². The number of hydrogen-bond acceptors (Lipinski definition) is 4. The number of carboxylic acids is 1. The Kier molecular flexibility index (Phi) is 2.96. The summed E-state index contributed by atoms with van der Waals surface area (Å²) in [6, 6.07) is 0. The van der Waals surface area contributed by atoms with Crippen molar-refractivity contribution >= 4 is 5.97 Å². The van der Waals surface area contributed by atoms with Crippen LogP contribution in [0.1, 0.15) is 18.7 Å². The molecule has 1 aromatic rings. The second-order valence-electron chi connectivity index (χ2n) is 3.82. The Morgan fingerprint density at radius 1 is 1.60 bits per heavy atom. The van der Waals surface area contributed by atoms with Gasteiger partial charge in [0.2, 0.25) is 0 Å². The fourth-order valence-corrected chi connectivity index (χ4v) is 1.86. The summed E-state index contributed by atoms with van der Waals surface area (Å²) in [4.78, 5) is 17.0. The number of carbonyl (C=O) groups is 1. The molecule has 0 atom stereocenters. The molecule has 2 heterocycles. The largest absolute Gasteiger partial charge is 0.481 e. The van der Waals surface area contributed by atoms with Crippen molar-refractivity contribution in [3.05, 3.63) is 12.2 Å². The zero-order valence-electron chi connectivity index (χ0n) is 8.39. The predicted octanol–water partition coefficient (Wildman–Crippen LogP) is 0.101. The van der Waals surface area contributed by atoms with Crippen LogP contribution in [0.2, 0.25) is 0 Å². The van der Waals surface area contributed by atoms with Crippen LogP contribution in [0.4, 0.5) is 0 Å². The van der Waals surface area contributed by atoms with Crippen LogP contribution in [-0.2, 0) is 11.3 Å². The summed E-state index contributed by atoms with van der Waals surface area (Å²) in [6.07, 6.45) is 2.94. The molecule has 1 fully saturated rings. The summed E-state index contributed by atoms with van der Waals surface area (Å²) >= 11 is 0. The van der Waals surface area contributed by atoms with E-state index in [9.17, 15) is 4.79 Å². The number of aromatic nitrogens is 3. The van der Waals surface area contributed by atoms with Gasteiger partial charge in [-0.2, -0.15) is 5.10 Å². The predicted molar refractivity (Wildman–Crippen MR) is 52.0 cm³/mol.